The molecule has 0 aliphatic carbocycles. The standard InChI is InChI=1S/C18H25N3O/c1-6-9-15(18(22)19-7-2)16-14-11-8-10-13(12(3)4)17(14)21(5)20-16/h7-8,10-12,15H,2,6,9H2,1,3-5H3,(H,19,22). The fraction of sp³-hybridized carbons (Fsp3) is 0.444. The molecule has 2 rings (SSSR count). The van der Waals surface area contributed by atoms with Crippen LogP contribution in [0.15, 0.2) is 31.0 Å². The number of benzene rings is 1. The first-order chi connectivity index (χ1) is 10.5. The van der Waals surface area contributed by atoms with Gasteiger partial charge in [0.25, 0.3) is 0 Å². The van der Waals surface area contributed by atoms with Gasteiger partial charge in [-0.3, -0.25) is 9.48 Å². The van der Waals surface area contributed by atoms with E-state index in [2.05, 4.69) is 56.0 Å². The van der Waals surface area contributed by atoms with Crippen LogP contribution in [0.5, 0.6) is 0 Å². The Hall–Kier alpha value is -2.10. The summed E-state index contributed by atoms with van der Waals surface area (Å²) in [5, 5.41) is 8.47. The van der Waals surface area contributed by atoms with Crippen LogP contribution in [0.3, 0.4) is 0 Å². The van der Waals surface area contributed by atoms with Crippen molar-refractivity contribution in [3.63, 3.8) is 0 Å². The van der Waals surface area contributed by atoms with Gasteiger partial charge in [-0.15, -0.1) is 0 Å². The molecule has 118 valence electrons. The van der Waals surface area contributed by atoms with E-state index >= 15 is 0 Å². The molecule has 1 amide bonds. The molecule has 0 bridgehead atoms. The zero-order valence-corrected chi connectivity index (χ0v) is 13.9. The van der Waals surface area contributed by atoms with Crippen molar-refractivity contribution in [3.05, 3.63) is 42.2 Å². The summed E-state index contributed by atoms with van der Waals surface area (Å²) in [5.74, 6) is 0.138. The first-order valence-electron chi connectivity index (χ1n) is 7.88. The van der Waals surface area contributed by atoms with Gasteiger partial charge in [0.1, 0.15) is 0 Å². The van der Waals surface area contributed by atoms with Crippen molar-refractivity contribution in [2.24, 2.45) is 7.05 Å². The maximum absolute atomic E-state index is 12.4. The van der Waals surface area contributed by atoms with Gasteiger partial charge in [-0.25, -0.2) is 0 Å². The van der Waals surface area contributed by atoms with Crippen molar-refractivity contribution in [3.8, 4) is 0 Å². The van der Waals surface area contributed by atoms with Crippen molar-refractivity contribution in [1.29, 1.82) is 0 Å². The second kappa shape index (κ2) is 6.77. The molecule has 1 unspecified atom stereocenters. The Balaban J connectivity index is 2.61. The van der Waals surface area contributed by atoms with Crippen LogP contribution >= 0.6 is 0 Å². The summed E-state index contributed by atoms with van der Waals surface area (Å²) in [6, 6.07) is 6.25. The van der Waals surface area contributed by atoms with E-state index < -0.39 is 0 Å². The molecule has 1 aromatic heterocycles. The highest BCUT2D eigenvalue weighted by Crippen LogP contribution is 2.32. The van der Waals surface area contributed by atoms with E-state index in [0.717, 1.165) is 29.4 Å². The zero-order valence-electron chi connectivity index (χ0n) is 13.9. The third-order valence-corrected chi connectivity index (χ3v) is 4.01. The van der Waals surface area contributed by atoms with Crippen LogP contribution in [0.2, 0.25) is 0 Å². The topological polar surface area (TPSA) is 46.9 Å². The lowest BCUT2D eigenvalue weighted by atomic mass is 9.93. The molecule has 2 aromatic rings. The normalized spacial score (nSPS) is 12.6. The van der Waals surface area contributed by atoms with Crippen molar-refractivity contribution in [1.82, 2.24) is 15.1 Å². The molecule has 4 nitrogen and oxygen atoms in total. The number of carbonyl (C=O) groups excluding carboxylic acids is 1. The molecule has 1 atom stereocenters. The minimum absolute atomic E-state index is 0.0354. The Morgan fingerprint density at radius 1 is 1.45 bits per heavy atom. The third-order valence-electron chi connectivity index (χ3n) is 4.01. The molecule has 0 aliphatic rings. The summed E-state index contributed by atoms with van der Waals surface area (Å²) in [5.41, 5.74) is 3.25. The van der Waals surface area contributed by atoms with Gasteiger partial charge >= 0.3 is 0 Å². The van der Waals surface area contributed by atoms with Gasteiger partial charge < -0.3 is 5.32 Å². The molecule has 22 heavy (non-hydrogen) atoms. The molecular formula is C18H25N3O. The maximum atomic E-state index is 12.4. The Labute approximate surface area is 132 Å². The van der Waals surface area contributed by atoms with Crippen LogP contribution in [0.25, 0.3) is 10.9 Å². The van der Waals surface area contributed by atoms with Crippen LogP contribution in [0.1, 0.15) is 56.7 Å². The molecular weight excluding hydrogens is 274 g/mol. The Kier molecular flexibility index (Phi) is 5.01. The highest BCUT2D eigenvalue weighted by Gasteiger charge is 2.25. The Morgan fingerprint density at radius 3 is 2.77 bits per heavy atom. The molecule has 0 saturated heterocycles. The number of nitrogens with zero attached hydrogens (tertiary/aromatic N) is 2. The lowest BCUT2D eigenvalue weighted by Gasteiger charge is -2.13. The number of para-hydroxylation sites is 1. The molecule has 0 saturated carbocycles. The molecule has 4 heteroatoms. The number of nitrogens with one attached hydrogen (secondary N) is 1. The van der Waals surface area contributed by atoms with E-state index in [1.807, 2.05) is 11.7 Å². The van der Waals surface area contributed by atoms with Crippen molar-refractivity contribution < 1.29 is 4.79 Å². The van der Waals surface area contributed by atoms with Crippen LogP contribution in [-0.2, 0) is 11.8 Å². The van der Waals surface area contributed by atoms with Crippen LogP contribution in [0.4, 0.5) is 0 Å². The van der Waals surface area contributed by atoms with Crippen molar-refractivity contribution in [2.45, 2.75) is 45.4 Å². The SMILES string of the molecule is C=CNC(=O)C(CCC)c1nn(C)c2c(C(C)C)cccc12. The maximum Gasteiger partial charge on any atom is 0.233 e. The average molecular weight is 299 g/mol. The molecule has 1 heterocycles. The van der Waals surface area contributed by atoms with Crippen LogP contribution in [-0.4, -0.2) is 15.7 Å². The molecule has 0 fully saturated rings. The number of aryl methyl sites for hydroxylation is 1. The van der Waals surface area contributed by atoms with Crippen LogP contribution in [0, 0.1) is 0 Å². The average Bonchev–Trinajstić information content (AvgIpc) is 2.82. The molecule has 1 aromatic carbocycles. The largest absolute Gasteiger partial charge is 0.333 e. The lowest BCUT2D eigenvalue weighted by Crippen LogP contribution is -2.25. The summed E-state index contributed by atoms with van der Waals surface area (Å²) in [6.07, 6.45) is 3.14. The first-order valence-corrected chi connectivity index (χ1v) is 7.88. The fourth-order valence-electron chi connectivity index (χ4n) is 3.00. The van der Waals surface area contributed by atoms with E-state index in [-0.39, 0.29) is 11.8 Å². The number of hydrogen-bond donors (Lipinski definition) is 1. The monoisotopic (exact) mass is 299 g/mol. The smallest absolute Gasteiger partial charge is 0.233 e. The zero-order chi connectivity index (χ0) is 16.3. The molecule has 0 aliphatic heterocycles. The highest BCUT2D eigenvalue weighted by atomic mass is 16.1. The van der Waals surface area contributed by atoms with Gasteiger partial charge in [-0.05, 0) is 24.1 Å². The number of hydrogen-bond acceptors (Lipinski definition) is 2. The molecule has 0 radical (unpaired) electrons. The summed E-state index contributed by atoms with van der Waals surface area (Å²) in [6.45, 7) is 10.0. The minimum Gasteiger partial charge on any atom is -0.333 e. The number of carbonyl (C=O) groups is 1. The first kappa shape index (κ1) is 16.3. The minimum atomic E-state index is -0.242. The molecule has 1 N–H and O–H groups in total. The van der Waals surface area contributed by atoms with Gasteiger partial charge in [0.05, 0.1) is 17.1 Å². The Bertz CT molecular complexity index is 685. The summed E-state index contributed by atoms with van der Waals surface area (Å²) in [7, 11) is 1.95. The number of rotatable bonds is 6. The fourth-order valence-corrected chi connectivity index (χ4v) is 3.00. The van der Waals surface area contributed by atoms with Gasteiger partial charge in [0.15, 0.2) is 0 Å². The third kappa shape index (κ3) is 2.91. The number of aromatic nitrogens is 2. The van der Waals surface area contributed by atoms with E-state index in [1.54, 1.807) is 0 Å². The summed E-state index contributed by atoms with van der Waals surface area (Å²) < 4.78 is 1.91. The second-order valence-electron chi connectivity index (χ2n) is 5.96. The van der Waals surface area contributed by atoms with Gasteiger partial charge in [-0.1, -0.05) is 52.0 Å². The highest BCUT2D eigenvalue weighted by molar-refractivity contribution is 5.92. The van der Waals surface area contributed by atoms with Crippen molar-refractivity contribution in [2.75, 3.05) is 0 Å². The predicted octanol–water partition coefficient (Wildman–Crippen LogP) is 3.84. The quantitative estimate of drug-likeness (QED) is 0.881. The summed E-state index contributed by atoms with van der Waals surface area (Å²) >= 11 is 0. The number of fused-ring (bicyclic) bond motifs is 1. The van der Waals surface area contributed by atoms with E-state index in [1.165, 1.54) is 11.8 Å². The Morgan fingerprint density at radius 2 is 2.18 bits per heavy atom. The lowest BCUT2D eigenvalue weighted by molar-refractivity contribution is -0.121. The van der Waals surface area contributed by atoms with Gasteiger partial charge in [0.2, 0.25) is 5.91 Å². The van der Waals surface area contributed by atoms with E-state index in [9.17, 15) is 4.79 Å². The molecule has 0 spiro atoms. The predicted molar refractivity (Wildman–Crippen MR) is 90.8 cm³/mol. The van der Waals surface area contributed by atoms with E-state index in [0.29, 0.717) is 5.92 Å². The van der Waals surface area contributed by atoms with Crippen LogP contribution < -0.4 is 5.32 Å². The number of amides is 1. The summed E-state index contributed by atoms with van der Waals surface area (Å²) in [4.78, 5) is 12.4. The second-order valence-corrected chi connectivity index (χ2v) is 5.96. The van der Waals surface area contributed by atoms with Gasteiger partial charge in [0, 0.05) is 12.4 Å². The van der Waals surface area contributed by atoms with Crippen molar-refractivity contribution >= 4 is 16.8 Å². The van der Waals surface area contributed by atoms with Gasteiger partial charge in [-0.2, -0.15) is 5.10 Å². The van der Waals surface area contributed by atoms with E-state index in [4.69, 9.17) is 0 Å².